The molecule has 4 heteroatoms. The van der Waals surface area contributed by atoms with Crippen LogP contribution >= 0.6 is 15.9 Å². The molecular weight excluding hydrogens is 330 g/mol. The Kier molecular flexibility index (Phi) is 5.79. The SMILES string of the molecule is CCNC(C)c1ccc(Oc2cccc(CO)c2)c(Br)c1. The van der Waals surface area contributed by atoms with Crippen LogP contribution in [0.15, 0.2) is 46.9 Å². The minimum absolute atomic E-state index is 0.0114. The highest BCUT2D eigenvalue weighted by Crippen LogP contribution is 2.32. The van der Waals surface area contributed by atoms with E-state index in [9.17, 15) is 0 Å². The monoisotopic (exact) mass is 349 g/mol. The van der Waals surface area contributed by atoms with Crippen molar-refractivity contribution in [1.82, 2.24) is 5.32 Å². The van der Waals surface area contributed by atoms with Gasteiger partial charge in [0.2, 0.25) is 0 Å². The molecule has 1 unspecified atom stereocenters. The average molecular weight is 350 g/mol. The maximum atomic E-state index is 9.16. The molecule has 0 spiro atoms. The number of rotatable bonds is 6. The number of halogens is 1. The fourth-order valence-electron chi connectivity index (χ4n) is 2.13. The van der Waals surface area contributed by atoms with E-state index in [1.54, 1.807) is 0 Å². The summed E-state index contributed by atoms with van der Waals surface area (Å²) < 4.78 is 6.78. The van der Waals surface area contributed by atoms with Crippen LogP contribution in [0.5, 0.6) is 11.5 Å². The topological polar surface area (TPSA) is 41.5 Å². The maximum Gasteiger partial charge on any atom is 0.141 e. The molecule has 112 valence electrons. The van der Waals surface area contributed by atoms with Crippen molar-refractivity contribution in [3.63, 3.8) is 0 Å². The van der Waals surface area contributed by atoms with Gasteiger partial charge in [0.25, 0.3) is 0 Å². The highest BCUT2D eigenvalue weighted by Gasteiger charge is 2.08. The summed E-state index contributed by atoms with van der Waals surface area (Å²) in [5.41, 5.74) is 2.04. The van der Waals surface area contributed by atoms with E-state index >= 15 is 0 Å². The van der Waals surface area contributed by atoms with Crippen LogP contribution < -0.4 is 10.1 Å². The Morgan fingerprint density at radius 1 is 1.24 bits per heavy atom. The Bertz CT molecular complexity index is 601. The molecule has 0 aliphatic heterocycles. The van der Waals surface area contributed by atoms with Crippen molar-refractivity contribution in [1.29, 1.82) is 0 Å². The van der Waals surface area contributed by atoms with Gasteiger partial charge in [-0.1, -0.05) is 25.1 Å². The van der Waals surface area contributed by atoms with E-state index in [1.807, 2.05) is 30.3 Å². The second-order valence-electron chi connectivity index (χ2n) is 4.88. The summed E-state index contributed by atoms with van der Waals surface area (Å²) >= 11 is 3.56. The highest BCUT2D eigenvalue weighted by molar-refractivity contribution is 9.10. The van der Waals surface area contributed by atoms with Crippen LogP contribution in [-0.4, -0.2) is 11.7 Å². The van der Waals surface area contributed by atoms with Crippen LogP contribution in [-0.2, 0) is 6.61 Å². The van der Waals surface area contributed by atoms with Crippen molar-refractivity contribution in [2.24, 2.45) is 0 Å². The molecule has 2 N–H and O–H groups in total. The Hall–Kier alpha value is -1.36. The third-order valence-corrected chi connectivity index (χ3v) is 3.89. The van der Waals surface area contributed by atoms with Crippen LogP contribution in [0.4, 0.5) is 0 Å². The Morgan fingerprint density at radius 2 is 2.05 bits per heavy atom. The molecular formula is C17H20BrNO2. The molecule has 0 saturated carbocycles. The van der Waals surface area contributed by atoms with Crippen molar-refractivity contribution >= 4 is 15.9 Å². The highest BCUT2D eigenvalue weighted by atomic mass is 79.9. The van der Waals surface area contributed by atoms with Gasteiger partial charge in [0.1, 0.15) is 11.5 Å². The molecule has 0 fully saturated rings. The molecule has 0 aliphatic rings. The lowest BCUT2D eigenvalue weighted by Crippen LogP contribution is -2.17. The summed E-state index contributed by atoms with van der Waals surface area (Å²) in [5, 5.41) is 12.5. The van der Waals surface area contributed by atoms with E-state index in [0.717, 1.165) is 28.1 Å². The first kappa shape index (κ1) is 16.0. The molecule has 2 rings (SSSR count). The quantitative estimate of drug-likeness (QED) is 0.811. The zero-order valence-electron chi connectivity index (χ0n) is 12.3. The van der Waals surface area contributed by atoms with Crippen LogP contribution in [0, 0.1) is 0 Å². The normalized spacial score (nSPS) is 12.2. The second-order valence-corrected chi connectivity index (χ2v) is 5.73. The standard InChI is InChI=1S/C17H20BrNO2/c1-3-19-12(2)14-7-8-17(16(18)10-14)21-15-6-4-5-13(9-15)11-20/h4-10,12,19-20H,3,11H2,1-2H3. The first-order valence-electron chi connectivity index (χ1n) is 7.04. The zero-order chi connectivity index (χ0) is 15.2. The van der Waals surface area contributed by atoms with Crippen molar-refractivity contribution in [2.45, 2.75) is 26.5 Å². The molecule has 0 radical (unpaired) electrons. The fraction of sp³-hybridized carbons (Fsp3) is 0.294. The molecule has 2 aromatic rings. The molecule has 21 heavy (non-hydrogen) atoms. The van der Waals surface area contributed by atoms with Gasteiger partial charge in [-0.25, -0.2) is 0 Å². The number of hydrogen-bond acceptors (Lipinski definition) is 3. The predicted octanol–water partition coefficient (Wildman–Crippen LogP) is 4.40. The Morgan fingerprint density at radius 3 is 2.71 bits per heavy atom. The van der Waals surface area contributed by atoms with Crippen molar-refractivity contribution in [2.75, 3.05) is 6.54 Å². The number of aliphatic hydroxyl groups excluding tert-OH is 1. The lowest BCUT2D eigenvalue weighted by molar-refractivity contribution is 0.281. The second kappa shape index (κ2) is 7.59. The average Bonchev–Trinajstić information content (AvgIpc) is 2.49. The first-order valence-corrected chi connectivity index (χ1v) is 7.83. The van der Waals surface area contributed by atoms with E-state index in [0.29, 0.717) is 6.04 Å². The van der Waals surface area contributed by atoms with Crippen LogP contribution in [0.1, 0.15) is 31.0 Å². The van der Waals surface area contributed by atoms with Gasteiger partial charge in [0, 0.05) is 6.04 Å². The molecule has 0 amide bonds. The van der Waals surface area contributed by atoms with E-state index in [1.165, 1.54) is 5.56 Å². The summed E-state index contributed by atoms with van der Waals surface area (Å²) in [5.74, 6) is 1.48. The van der Waals surface area contributed by atoms with E-state index in [2.05, 4.69) is 47.2 Å². The minimum atomic E-state index is 0.0114. The van der Waals surface area contributed by atoms with Crippen molar-refractivity contribution < 1.29 is 9.84 Å². The first-order chi connectivity index (χ1) is 10.1. The molecule has 2 aromatic carbocycles. The molecule has 0 bridgehead atoms. The molecule has 1 atom stereocenters. The molecule has 0 aromatic heterocycles. The van der Waals surface area contributed by atoms with Crippen molar-refractivity contribution in [3.8, 4) is 11.5 Å². The van der Waals surface area contributed by atoms with E-state index < -0.39 is 0 Å². The summed E-state index contributed by atoms with van der Waals surface area (Å²) in [6.07, 6.45) is 0. The lowest BCUT2D eigenvalue weighted by atomic mass is 10.1. The Balaban J connectivity index is 2.17. The number of nitrogens with one attached hydrogen (secondary N) is 1. The van der Waals surface area contributed by atoms with Crippen LogP contribution in [0.3, 0.4) is 0 Å². The van der Waals surface area contributed by atoms with E-state index in [4.69, 9.17) is 9.84 Å². The molecule has 0 heterocycles. The molecule has 3 nitrogen and oxygen atoms in total. The third kappa shape index (κ3) is 4.30. The number of benzene rings is 2. The molecule has 0 saturated heterocycles. The van der Waals surface area contributed by atoms with Gasteiger partial charge in [0.15, 0.2) is 0 Å². The lowest BCUT2D eigenvalue weighted by Gasteiger charge is -2.15. The number of hydrogen-bond donors (Lipinski definition) is 2. The number of ether oxygens (including phenoxy) is 1. The van der Waals surface area contributed by atoms with Gasteiger partial charge in [-0.2, -0.15) is 0 Å². The predicted molar refractivity (Wildman–Crippen MR) is 88.7 cm³/mol. The van der Waals surface area contributed by atoms with Crippen LogP contribution in [0.25, 0.3) is 0 Å². The van der Waals surface area contributed by atoms with E-state index in [-0.39, 0.29) is 6.61 Å². The van der Waals surface area contributed by atoms with Gasteiger partial charge >= 0.3 is 0 Å². The zero-order valence-corrected chi connectivity index (χ0v) is 13.9. The van der Waals surface area contributed by atoms with Gasteiger partial charge < -0.3 is 15.2 Å². The fourth-order valence-corrected chi connectivity index (χ4v) is 2.60. The van der Waals surface area contributed by atoms with Gasteiger partial charge in [-0.15, -0.1) is 0 Å². The van der Waals surface area contributed by atoms with Gasteiger partial charge in [-0.3, -0.25) is 0 Å². The van der Waals surface area contributed by atoms with Crippen molar-refractivity contribution in [3.05, 3.63) is 58.1 Å². The van der Waals surface area contributed by atoms with Gasteiger partial charge in [0.05, 0.1) is 11.1 Å². The summed E-state index contributed by atoms with van der Waals surface area (Å²) in [4.78, 5) is 0. The minimum Gasteiger partial charge on any atom is -0.456 e. The third-order valence-electron chi connectivity index (χ3n) is 3.28. The smallest absolute Gasteiger partial charge is 0.141 e. The Labute approximate surface area is 134 Å². The summed E-state index contributed by atoms with van der Waals surface area (Å²) in [6.45, 7) is 5.18. The summed E-state index contributed by atoms with van der Waals surface area (Å²) in [6, 6.07) is 13.8. The summed E-state index contributed by atoms with van der Waals surface area (Å²) in [7, 11) is 0. The number of aliphatic hydroxyl groups is 1. The molecule has 0 aliphatic carbocycles. The maximum absolute atomic E-state index is 9.16. The largest absolute Gasteiger partial charge is 0.456 e. The van der Waals surface area contributed by atoms with Crippen LogP contribution in [0.2, 0.25) is 0 Å². The van der Waals surface area contributed by atoms with Gasteiger partial charge in [-0.05, 0) is 64.8 Å².